The molecular formula is C20H28N2O2. The highest BCUT2D eigenvalue weighted by Crippen LogP contribution is 2.31. The number of carbonyl (C=O) groups excluding carboxylic acids is 2. The first-order chi connectivity index (χ1) is 11.7. The number of carbonyl (C=O) groups is 2. The molecule has 1 aromatic carbocycles. The molecule has 4 heteroatoms. The molecule has 0 unspecified atom stereocenters. The van der Waals surface area contributed by atoms with E-state index in [9.17, 15) is 9.59 Å². The van der Waals surface area contributed by atoms with Gasteiger partial charge < -0.3 is 9.80 Å². The third-order valence-electron chi connectivity index (χ3n) is 5.15. The summed E-state index contributed by atoms with van der Waals surface area (Å²) in [5.41, 5.74) is 2.55. The minimum absolute atomic E-state index is 0.218. The molecule has 1 saturated carbocycles. The average Bonchev–Trinajstić information content (AvgIpc) is 3.46. The van der Waals surface area contributed by atoms with Gasteiger partial charge in [-0.2, -0.15) is 0 Å². The molecule has 24 heavy (non-hydrogen) atoms. The fraction of sp³-hybridized carbons (Fsp3) is 0.600. The zero-order valence-corrected chi connectivity index (χ0v) is 14.7. The fourth-order valence-electron chi connectivity index (χ4n) is 3.33. The van der Waals surface area contributed by atoms with Gasteiger partial charge >= 0.3 is 0 Å². The first-order valence-corrected chi connectivity index (χ1v) is 9.31. The van der Waals surface area contributed by atoms with E-state index in [1.807, 2.05) is 9.80 Å². The molecule has 3 rings (SSSR count). The number of aryl methyl sites for hydroxylation is 2. The molecule has 1 heterocycles. The summed E-state index contributed by atoms with van der Waals surface area (Å²) >= 11 is 0. The van der Waals surface area contributed by atoms with Crippen LogP contribution in [0.25, 0.3) is 0 Å². The molecule has 0 atom stereocenters. The summed E-state index contributed by atoms with van der Waals surface area (Å²) in [6, 6.07) is 8.55. The van der Waals surface area contributed by atoms with Crippen LogP contribution in [-0.2, 0) is 22.4 Å². The molecule has 1 aromatic rings. The second-order valence-corrected chi connectivity index (χ2v) is 7.00. The fourth-order valence-corrected chi connectivity index (χ4v) is 3.33. The molecule has 0 bridgehead atoms. The molecule has 2 aliphatic rings. The van der Waals surface area contributed by atoms with Crippen molar-refractivity contribution in [3.05, 3.63) is 35.4 Å². The molecule has 0 spiro atoms. The number of rotatable bonds is 5. The van der Waals surface area contributed by atoms with Crippen LogP contribution >= 0.6 is 0 Å². The van der Waals surface area contributed by atoms with E-state index in [1.165, 1.54) is 11.1 Å². The maximum Gasteiger partial charge on any atom is 0.225 e. The molecule has 130 valence electrons. The van der Waals surface area contributed by atoms with Crippen LogP contribution in [0.4, 0.5) is 0 Å². The second-order valence-electron chi connectivity index (χ2n) is 7.00. The summed E-state index contributed by atoms with van der Waals surface area (Å²) in [6.45, 7) is 5.12. The van der Waals surface area contributed by atoms with Gasteiger partial charge in [-0.1, -0.05) is 31.2 Å². The molecule has 0 N–H and O–H groups in total. The zero-order chi connectivity index (χ0) is 16.9. The van der Waals surface area contributed by atoms with E-state index in [-0.39, 0.29) is 11.8 Å². The van der Waals surface area contributed by atoms with E-state index in [0.717, 1.165) is 45.2 Å². The van der Waals surface area contributed by atoms with Crippen LogP contribution in [0.2, 0.25) is 0 Å². The Morgan fingerprint density at radius 1 is 0.958 bits per heavy atom. The van der Waals surface area contributed by atoms with E-state index in [1.54, 1.807) is 0 Å². The average molecular weight is 328 g/mol. The summed E-state index contributed by atoms with van der Waals surface area (Å²) in [5, 5.41) is 0. The van der Waals surface area contributed by atoms with Crippen molar-refractivity contribution in [3.63, 3.8) is 0 Å². The lowest BCUT2D eigenvalue weighted by atomic mass is 10.1. The third kappa shape index (κ3) is 4.37. The Bertz CT molecular complexity index is 578. The van der Waals surface area contributed by atoms with Crippen LogP contribution in [0.1, 0.15) is 43.7 Å². The highest BCUT2D eigenvalue weighted by molar-refractivity contribution is 5.81. The lowest BCUT2D eigenvalue weighted by Gasteiger charge is -2.22. The van der Waals surface area contributed by atoms with Crippen LogP contribution in [0.3, 0.4) is 0 Å². The van der Waals surface area contributed by atoms with Gasteiger partial charge in [0.15, 0.2) is 0 Å². The summed E-state index contributed by atoms with van der Waals surface area (Å²) in [5.74, 6) is 0.800. The maximum atomic E-state index is 12.5. The first kappa shape index (κ1) is 17.0. The van der Waals surface area contributed by atoms with E-state index < -0.39 is 0 Å². The quantitative estimate of drug-likeness (QED) is 0.834. The summed E-state index contributed by atoms with van der Waals surface area (Å²) in [7, 11) is 0. The van der Waals surface area contributed by atoms with Crippen molar-refractivity contribution >= 4 is 11.8 Å². The number of hydrogen-bond acceptors (Lipinski definition) is 2. The molecule has 0 radical (unpaired) electrons. The lowest BCUT2D eigenvalue weighted by molar-refractivity contribution is -0.134. The number of benzene rings is 1. The van der Waals surface area contributed by atoms with Crippen LogP contribution in [0.5, 0.6) is 0 Å². The Balaban J connectivity index is 1.46. The van der Waals surface area contributed by atoms with Crippen molar-refractivity contribution in [1.29, 1.82) is 0 Å². The molecule has 2 fully saturated rings. The zero-order valence-electron chi connectivity index (χ0n) is 14.7. The maximum absolute atomic E-state index is 12.5. The number of nitrogens with zero attached hydrogens (tertiary/aromatic N) is 2. The molecular weight excluding hydrogens is 300 g/mol. The van der Waals surface area contributed by atoms with Crippen LogP contribution in [0, 0.1) is 5.92 Å². The van der Waals surface area contributed by atoms with Gasteiger partial charge in [-0.3, -0.25) is 9.59 Å². The highest BCUT2D eigenvalue weighted by Gasteiger charge is 2.34. The minimum atomic E-state index is 0.218. The minimum Gasteiger partial charge on any atom is -0.341 e. The van der Waals surface area contributed by atoms with Crippen molar-refractivity contribution in [2.45, 2.75) is 45.4 Å². The van der Waals surface area contributed by atoms with Gasteiger partial charge in [-0.25, -0.2) is 0 Å². The summed E-state index contributed by atoms with van der Waals surface area (Å²) in [4.78, 5) is 28.6. The second kappa shape index (κ2) is 7.82. The smallest absolute Gasteiger partial charge is 0.225 e. The van der Waals surface area contributed by atoms with Crippen molar-refractivity contribution in [2.24, 2.45) is 5.92 Å². The van der Waals surface area contributed by atoms with Crippen LogP contribution in [-0.4, -0.2) is 47.8 Å². The predicted octanol–water partition coefficient (Wildman–Crippen LogP) is 2.65. The lowest BCUT2D eigenvalue weighted by Crippen LogP contribution is -2.38. The molecule has 2 amide bonds. The number of amides is 2. The molecule has 1 aliphatic heterocycles. The van der Waals surface area contributed by atoms with Gasteiger partial charge in [0.05, 0.1) is 0 Å². The Kier molecular flexibility index (Phi) is 5.54. The van der Waals surface area contributed by atoms with Crippen molar-refractivity contribution in [1.82, 2.24) is 9.80 Å². The van der Waals surface area contributed by atoms with Gasteiger partial charge in [0.2, 0.25) is 11.8 Å². The Morgan fingerprint density at radius 3 is 2.25 bits per heavy atom. The van der Waals surface area contributed by atoms with Gasteiger partial charge in [0.1, 0.15) is 0 Å². The van der Waals surface area contributed by atoms with Gasteiger partial charge in [-0.15, -0.1) is 0 Å². The summed E-state index contributed by atoms with van der Waals surface area (Å²) in [6.07, 6.45) is 5.40. The highest BCUT2D eigenvalue weighted by atomic mass is 16.2. The van der Waals surface area contributed by atoms with Crippen LogP contribution in [0.15, 0.2) is 24.3 Å². The van der Waals surface area contributed by atoms with Crippen molar-refractivity contribution in [3.8, 4) is 0 Å². The molecule has 1 saturated heterocycles. The monoisotopic (exact) mass is 328 g/mol. The topological polar surface area (TPSA) is 40.6 Å². The SMILES string of the molecule is CCc1ccc(CCC(=O)N2CCCN(C(=O)C3CC3)CC2)cc1. The molecule has 4 nitrogen and oxygen atoms in total. The Labute approximate surface area is 144 Å². The Morgan fingerprint density at radius 2 is 1.58 bits per heavy atom. The van der Waals surface area contributed by atoms with E-state index in [0.29, 0.717) is 25.4 Å². The Hall–Kier alpha value is -1.84. The van der Waals surface area contributed by atoms with E-state index in [4.69, 9.17) is 0 Å². The van der Waals surface area contributed by atoms with E-state index >= 15 is 0 Å². The third-order valence-corrected chi connectivity index (χ3v) is 5.15. The molecule has 1 aliphatic carbocycles. The summed E-state index contributed by atoms with van der Waals surface area (Å²) < 4.78 is 0. The van der Waals surface area contributed by atoms with Crippen LogP contribution < -0.4 is 0 Å². The standard InChI is InChI=1S/C20H28N2O2/c1-2-16-4-6-17(7-5-16)8-11-19(23)21-12-3-13-22(15-14-21)20(24)18-9-10-18/h4-7,18H,2-3,8-15H2,1H3. The van der Waals surface area contributed by atoms with E-state index in [2.05, 4.69) is 31.2 Å². The predicted molar refractivity (Wildman–Crippen MR) is 94.6 cm³/mol. The van der Waals surface area contributed by atoms with Gasteiger partial charge in [0.25, 0.3) is 0 Å². The largest absolute Gasteiger partial charge is 0.341 e. The van der Waals surface area contributed by atoms with Gasteiger partial charge in [-0.05, 0) is 43.2 Å². The van der Waals surface area contributed by atoms with Gasteiger partial charge in [0, 0.05) is 38.5 Å². The number of hydrogen-bond donors (Lipinski definition) is 0. The van der Waals surface area contributed by atoms with Crippen molar-refractivity contribution < 1.29 is 9.59 Å². The normalized spacial score (nSPS) is 18.4. The molecule has 0 aromatic heterocycles. The first-order valence-electron chi connectivity index (χ1n) is 9.31. The van der Waals surface area contributed by atoms with Crippen molar-refractivity contribution in [2.75, 3.05) is 26.2 Å².